The van der Waals surface area contributed by atoms with E-state index in [2.05, 4.69) is 16.8 Å². The first-order valence-electron chi connectivity index (χ1n) is 12.8. The zero-order chi connectivity index (χ0) is 26.8. The highest BCUT2D eigenvalue weighted by molar-refractivity contribution is 5.97. The highest BCUT2D eigenvalue weighted by Crippen LogP contribution is 2.49. The van der Waals surface area contributed by atoms with Crippen molar-refractivity contribution in [3.05, 3.63) is 58.9 Å². The van der Waals surface area contributed by atoms with Gasteiger partial charge < -0.3 is 24.0 Å². The Hall–Kier alpha value is -3.48. The van der Waals surface area contributed by atoms with Crippen molar-refractivity contribution in [1.82, 2.24) is 14.5 Å². The number of nitrogens with zero attached hydrogens (tertiary/aromatic N) is 3. The first kappa shape index (κ1) is 18.8. The quantitative estimate of drug-likeness (QED) is 0.565. The summed E-state index contributed by atoms with van der Waals surface area (Å²) < 4.78 is 62.8. The third kappa shape index (κ3) is 3.56. The summed E-state index contributed by atoms with van der Waals surface area (Å²) in [4.78, 5) is 19.0. The van der Waals surface area contributed by atoms with E-state index in [1.54, 1.807) is 22.8 Å². The van der Waals surface area contributed by atoms with Crippen molar-refractivity contribution in [3.8, 4) is 17.6 Å². The van der Waals surface area contributed by atoms with E-state index in [-0.39, 0.29) is 23.3 Å². The minimum atomic E-state index is -3.13. The van der Waals surface area contributed by atoms with E-state index in [0.717, 1.165) is 4.90 Å². The molecule has 1 fully saturated rings. The number of benzene rings is 2. The fourth-order valence-electron chi connectivity index (χ4n) is 5.21. The van der Waals surface area contributed by atoms with E-state index in [9.17, 15) is 18.7 Å². The molecule has 2 atom stereocenters. The van der Waals surface area contributed by atoms with Gasteiger partial charge in [0.2, 0.25) is 0 Å². The number of fused-ring (bicyclic) bond motifs is 9. The van der Waals surface area contributed by atoms with Crippen LogP contribution in [0.25, 0.3) is 11.0 Å². The molecular weight excluding hydrogens is 456 g/mol. The topological polar surface area (TPSA) is 76.8 Å². The van der Waals surface area contributed by atoms with Gasteiger partial charge in [-0.25, -0.2) is 4.98 Å². The van der Waals surface area contributed by atoms with Crippen molar-refractivity contribution in [2.24, 2.45) is 0 Å². The van der Waals surface area contributed by atoms with Crippen molar-refractivity contribution in [3.63, 3.8) is 0 Å². The largest absolute Gasteiger partial charge is 0.434 e. The second-order valence-corrected chi connectivity index (χ2v) is 8.98. The van der Waals surface area contributed by atoms with E-state index in [0.29, 0.717) is 48.5 Å². The van der Waals surface area contributed by atoms with Crippen LogP contribution in [0, 0.1) is 11.8 Å². The first-order chi connectivity index (χ1) is 18.1. The van der Waals surface area contributed by atoms with E-state index >= 15 is 0 Å². The van der Waals surface area contributed by atoms with Crippen LogP contribution in [0.4, 0.5) is 8.78 Å². The van der Waals surface area contributed by atoms with E-state index in [1.807, 2.05) is 0 Å². The number of hydrogen-bond donors (Lipinski definition) is 1. The molecule has 2 bridgehead atoms. The Morgan fingerprint density at radius 1 is 1.29 bits per heavy atom. The molecule has 3 aliphatic heterocycles. The van der Waals surface area contributed by atoms with Gasteiger partial charge in [0, 0.05) is 47.0 Å². The van der Waals surface area contributed by atoms with Crippen LogP contribution < -0.4 is 4.74 Å². The zero-order valence-corrected chi connectivity index (χ0v) is 18.5. The van der Waals surface area contributed by atoms with Crippen LogP contribution in [0.15, 0.2) is 36.4 Å². The van der Waals surface area contributed by atoms with Gasteiger partial charge in [0.25, 0.3) is 5.91 Å². The van der Waals surface area contributed by atoms with Crippen LogP contribution in [-0.2, 0) is 4.74 Å². The van der Waals surface area contributed by atoms with Crippen LogP contribution in [0.2, 0.25) is 0 Å². The maximum Gasteiger partial charge on any atom is 0.387 e. The first-order valence-corrected chi connectivity index (χ1v) is 11.3. The lowest BCUT2D eigenvalue weighted by molar-refractivity contribution is -0.0507. The molecule has 2 aromatic carbocycles. The molecule has 1 aromatic heterocycles. The second kappa shape index (κ2) is 8.04. The molecule has 0 spiro atoms. The van der Waals surface area contributed by atoms with Crippen molar-refractivity contribution in [2.45, 2.75) is 43.6 Å². The maximum absolute atomic E-state index is 13.5. The maximum atomic E-state index is 13.5. The summed E-state index contributed by atoms with van der Waals surface area (Å²) in [5.74, 6) is 5.33. The number of carbonyl (C=O) groups is 1. The molecule has 1 N–H and O–H groups in total. The molecule has 35 heavy (non-hydrogen) atoms. The van der Waals surface area contributed by atoms with Gasteiger partial charge in [-0.05, 0) is 30.3 Å². The van der Waals surface area contributed by atoms with Crippen LogP contribution in [0.3, 0.4) is 0 Å². The van der Waals surface area contributed by atoms with Crippen molar-refractivity contribution in [1.29, 1.82) is 0 Å². The Morgan fingerprint density at radius 2 is 2.11 bits per heavy atom. The average molecular weight is 483 g/mol. The van der Waals surface area contributed by atoms with Crippen LogP contribution in [0.1, 0.15) is 62.8 Å². The number of carbonyl (C=O) groups excluding carboxylic acids is 1. The summed E-state index contributed by atoms with van der Waals surface area (Å²) in [5, 5.41) is 10.7. The zero-order valence-electron chi connectivity index (χ0n) is 21.5. The third-order valence-electron chi connectivity index (χ3n) is 6.91. The number of imidazole rings is 1. The summed E-state index contributed by atoms with van der Waals surface area (Å²) in [6.07, 6.45) is 0.933. The molecule has 0 unspecified atom stereocenters. The highest BCUT2D eigenvalue weighted by atomic mass is 19.3. The van der Waals surface area contributed by atoms with E-state index < -0.39 is 37.2 Å². The standard InChI is InChI=1S/C26H23F2N3O4/c1-30-20-14-19(22-16(24(30)32)3-2-4-21(22)35-25(27)28)31-18-13-15(5-6-17(18)29-23(20)31)7-8-26(33)9-11-34-12-10-26/h2-6,13,19-20,25,33H,9-12,14H2,1H3/t19-,20-/m1/s1/i1D3. The Balaban J connectivity index is 1.54. The Bertz CT molecular complexity index is 1510. The third-order valence-corrected chi connectivity index (χ3v) is 6.91. The van der Waals surface area contributed by atoms with Crippen molar-refractivity contribution >= 4 is 16.9 Å². The number of rotatable bonds is 2. The number of alkyl halides is 2. The van der Waals surface area contributed by atoms with Crippen LogP contribution >= 0.6 is 0 Å². The summed E-state index contributed by atoms with van der Waals surface area (Å²) in [6.45, 7) is -5.08. The Morgan fingerprint density at radius 3 is 2.89 bits per heavy atom. The minimum absolute atomic E-state index is 0.00281. The number of hydrogen-bond acceptors (Lipinski definition) is 5. The smallest absolute Gasteiger partial charge is 0.387 e. The van der Waals surface area contributed by atoms with Gasteiger partial charge in [0.15, 0.2) is 0 Å². The summed E-state index contributed by atoms with van der Waals surface area (Å²) in [7, 11) is 0. The Labute approximate surface area is 204 Å². The molecule has 3 aliphatic rings. The molecule has 0 saturated carbocycles. The average Bonchev–Trinajstić information content (AvgIpc) is 3.35. The number of ether oxygens (including phenoxy) is 2. The molecular formula is C26H23F2N3O4. The molecule has 7 nitrogen and oxygen atoms in total. The van der Waals surface area contributed by atoms with E-state index in [4.69, 9.17) is 13.6 Å². The minimum Gasteiger partial charge on any atom is -0.434 e. The van der Waals surface area contributed by atoms with Gasteiger partial charge in [-0.2, -0.15) is 8.78 Å². The monoisotopic (exact) mass is 482 g/mol. The highest BCUT2D eigenvalue weighted by Gasteiger charge is 2.45. The molecule has 9 heteroatoms. The fraction of sp³-hybridized carbons (Fsp3) is 0.385. The van der Waals surface area contributed by atoms with Gasteiger partial charge in [0.05, 0.1) is 36.3 Å². The SMILES string of the molecule is [2H]C([2H])([2H])N1C(=O)c2cccc(OC(F)F)c2[C@H]2C[C@@H]1c1nc3ccc(C#CC4(O)CCOCC4)cc3n12. The van der Waals surface area contributed by atoms with Crippen molar-refractivity contribution < 1.29 is 32.3 Å². The molecule has 180 valence electrons. The molecule has 1 saturated heterocycles. The van der Waals surface area contributed by atoms with E-state index in [1.165, 1.54) is 18.2 Å². The predicted octanol–water partition coefficient (Wildman–Crippen LogP) is 3.65. The van der Waals surface area contributed by atoms with Gasteiger partial charge in [-0.1, -0.05) is 17.9 Å². The number of aliphatic hydroxyl groups is 1. The second-order valence-electron chi connectivity index (χ2n) is 8.98. The fourth-order valence-corrected chi connectivity index (χ4v) is 5.21. The number of halogens is 2. The summed E-state index contributed by atoms with van der Waals surface area (Å²) in [5.41, 5.74) is 0.787. The van der Waals surface area contributed by atoms with Gasteiger partial charge in [-0.15, -0.1) is 0 Å². The Kier molecular flexibility index (Phi) is 4.32. The molecule has 4 heterocycles. The summed E-state index contributed by atoms with van der Waals surface area (Å²) in [6, 6.07) is 7.84. The molecule has 0 aliphatic carbocycles. The number of amides is 1. The van der Waals surface area contributed by atoms with Gasteiger partial charge in [-0.3, -0.25) is 4.79 Å². The van der Waals surface area contributed by atoms with Crippen LogP contribution in [0.5, 0.6) is 5.75 Å². The lowest BCUT2D eigenvalue weighted by atomic mass is 9.95. The van der Waals surface area contributed by atoms with Gasteiger partial charge in [0.1, 0.15) is 17.2 Å². The molecule has 3 aromatic rings. The molecule has 0 radical (unpaired) electrons. The normalized spacial score (nSPS) is 24.1. The lowest BCUT2D eigenvalue weighted by Crippen LogP contribution is -2.34. The summed E-state index contributed by atoms with van der Waals surface area (Å²) >= 11 is 0. The van der Waals surface area contributed by atoms with Crippen LogP contribution in [-0.4, -0.2) is 57.9 Å². The lowest BCUT2D eigenvalue weighted by Gasteiger charge is -2.26. The molecule has 6 rings (SSSR count). The molecule has 1 amide bonds. The van der Waals surface area contributed by atoms with Gasteiger partial charge >= 0.3 is 6.61 Å². The predicted molar refractivity (Wildman–Crippen MR) is 122 cm³/mol. The number of aromatic nitrogens is 2. The van der Waals surface area contributed by atoms with Crippen molar-refractivity contribution in [2.75, 3.05) is 20.2 Å².